The van der Waals surface area contributed by atoms with Gasteiger partial charge in [-0.2, -0.15) is 5.10 Å². The van der Waals surface area contributed by atoms with Crippen LogP contribution in [0.3, 0.4) is 0 Å². The molecule has 8 nitrogen and oxygen atoms in total. The van der Waals surface area contributed by atoms with E-state index in [0.29, 0.717) is 16.7 Å². The van der Waals surface area contributed by atoms with E-state index in [-0.39, 0.29) is 23.9 Å². The first-order valence-electron chi connectivity index (χ1n) is 9.59. The Morgan fingerprint density at radius 2 is 2.00 bits per heavy atom. The molecule has 0 unspecified atom stereocenters. The van der Waals surface area contributed by atoms with Crippen LogP contribution in [0.2, 0.25) is 0 Å². The molecule has 3 aromatic heterocycles. The molecule has 4 rings (SSSR count). The number of nitrogens with one attached hydrogen (secondary N) is 1. The van der Waals surface area contributed by atoms with E-state index in [1.807, 2.05) is 32.0 Å². The third-order valence-electron chi connectivity index (χ3n) is 4.88. The number of fused-ring (bicyclic) bond motifs is 2. The molecular weight excluding hydrogens is 368 g/mol. The molecule has 0 aliphatic heterocycles. The Morgan fingerprint density at radius 3 is 2.76 bits per heavy atom. The predicted octanol–water partition coefficient (Wildman–Crippen LogP) is 2.76. The first-order valence-corrected chi connectivity index (χ1v) is 9.59. The summed E-state index contributed by atoms with van der Waals surface area (Å²) < 4.78 is 2.95. The number of anilines is 1. The van der Waals surface area contributed by atoms with Gasteiger partial charge in [-0.05, 0) is 42.2 Å². The number of rotatable bonds is 5. The molecule has 1 amide bonds. The Morgan fingerprint density at radius 1 is 1.17 bits per heavy atom. The molecular formula is C21H22N6O2. The number of hydrogen-bond donors (Lipinski definition) is 1. The molecule has 0 atom stereocenters. The van der Waals surface area contributed by atoms with Crippen molar-refractivity contribution >= 4 is 28.0 Å². The van der Waals surface area contributed by atoms with Gasteiger partial charge in [-0.1, -0.05) is 26.8 Å². The zero-order valence-electron chi connectivity index (χ0n) is 16.6. The van der Waals surface area contributed by atoms with Gasteiger partial charge in [-0.15, -0.1) is 10.2 Å². The van der Waals surface area contributed by atoms with E-state index in [1.165, 1.54) is 4.68 Å². The number of carbonyl (C=O) groups is 1. The van der Waals surface area contributed by atoms with Crippen molar-refractivity contribution in [1.82, 2.24) is 24.4 Å². The number of hydrogen-bond acceptors (Lipinski definition) is 5. The van der Waals surface area contributed by atoms with Gasteiger partial charge in [0.05, 0.1) is 16.8 Å². The largest absolute Gasteiger partial charge is 0.323 e. The molecule has 3 heterocycles. The van der Waals surface area contributed by atoms with E-state index in [2.05, 4.69) is 27.5 Å². The molecule has 0 fully saturated rings. The fourth-order valence-electron chi connectivity index (χ4n) is 3.35. The van der Waals surface area contributed by atoms with Crippen LogP contribution >= 0.6 is 0 Å². The topological polar surface area (TPSA) is 94.2 Å². The van der Waals surface area contributed by atoms with Crippen LogP contribution in [0, 0.1) is 0 Å². The van der Waals surface area contributed by atoms with E-state index >= 15 is 0 Å². The number of carbonyl (C=O) groups excluding carboxylic acids is 1. The first-order chi connectivity index (χ1) is 14.0. The Kier molecular flexibility index (Phi) is 4.84. The molecule has 1 N–H and O–H groups in total. The highest BCUT2D eigenvalue weighted by Crippen LogP contribution is 2.22. The molecule has 8 heteroatoms. The molecule has 0 aliphatic rings. The molecule has 0 saturated carbocycles. The van der Waals surface area contributed by atoms with Crippen LogP contribution < -0.4 is 10.9 Å². The number of pyridine rings is 1. The maximum Gasteiger partial charge on any atom is 0.275 e. The highest BCUT2D eigenvalue weighted by Gasteiger charge is 2.16. The van der Waals surface area contributed by atoms with Gasteiger partial charge in [0.25, 0.3) is 5.56 Å². The van der Waals surface area contributed by atoms with Crippen molar-refractivity contribution in [2.45, 2.75) is 39.7 Å². The van der Waals surface area contributed by atoms with Crippen molar-refractivity contribution in [1.29, 1.82) is 0 Å². The third kappa shape index (κ3) is 3.61. The molecule has 1 aromatic carbocycles. The molecule has 0 bridgehead atoms. The lowest BCUT2D eigenvalue weighted by Gasteiger charge is -2.14. The second kappa shape index (κ2) is 7.46. The van der Waals surface area contributed by atoms with Crippen LogP contribution in [0.4, 0.5) is 5.69 Å². The minimum atomic E-state index is -0.328. The van der Waals surface area contributed by atoms with E-state index in [9.17, 15) is 9.59 Å². The molecule has 0 spiro atoms. The fourth-order valence-corrected chi connectivity index (χ4v) is 3.35. The summed E-state index contributed by atoms with van der Waals surface area (Å²) in [6.07, 6.45) is 4.16. The van der Waals surface area contributed by atoms with E-state index in [0.717, 1.165) is 23.1 Å². The van der Waals surface area contributed by atoms with E-state index < -0.39 is 0 Å². The lowest BCUT2D eigenvalue weighted by molar-refractivity contribution is -0.117. The second-order valence-electron chi connectivity index (χ2n) is 7.30. The van der Waals surface area contributed by atoms with Crippen LogP contribution in [-0.4, -0.2) is 30.3 Å². The maximum atomic E-state index is 12.9. The molecule has 148 valence electrons. The van der Waals surface area contributed by atoms with Crippen molar-refractivity contribution in [2.24, 2.45) is 0 Å². The summed E-state index contributed by atoms with van der Waals surface area (Å²) in [6, 6.07) is 9.30. The lowest BCUT2D eigenvalue weighted by atomic mass is 10.0. The van der Waals surface area contributed by atoms with Gasteiger partial charge >= 0.3 is 0 Å². The lowest BCUT2D eigenvalue weighted by Crippen LogP contribution is -2.31. The van der Waals surface area contributed by atoms with Crippen molar-refractivity contribution in [3.63, 3.8) is 0 Å². The van der Waals surface area contributed by atoms with Crippen LogP contribution in [-0.2, 0) is 17.8 Å². The Bertz CT molecular complexity index is 1270. The number of amides is 1. The summed E-state index contributed by atoms with van der Waals surface area (Å²) >= 11 is 0. The normalized spacial score (nSPS) is 11.4. The molecule has 0 saturated heterocycles. The minimum absolute atomic E-state index is 0.121. The minimum Gasteiger partial charge on any atom is -0.323 e. The summed E-state index contributed by atoms with van der Waals surface area (Å²) in [7, 11) is 0. The molecule has 4 aromatic rings. The molecule has 0 radical (unpaired) electrons. The Hall–Kier alpha value is -3.55. The van der Waals surface area contributed by atoms with Crippen LogP contribution in [0.25, 0.3) is 16.4 Å². The molecule has 0 aliphatic carbocycles. The third-order valence-corrected chi connectivity index (χ3v) is 4.88. The van der Waals surface area contributed by atoms with Crippen molar-refractivity contribution in [3.05, 3.63) is 64.5 Å². The SMILES string of the molecule is CCc1ccc2c(=O)n(CC(=O)Nc3ccc4nncn4c3)nc(C(C)C)c2c1. The second-order valence-corrected chi connectivity index (χ2v) is 7.30. The first kappa shape index (κ1) is 18.8. The van der Waals surface area contributed by atoms with Crippen molar-refractivity contribution in [3.8, 4) is 0 Å². The van der Waals surface area contributed by atoms with Gasteiger partial charge in [0.1, 0.15) is 12.9 Å². The predicted molar refractivity (Wildman–Crippen MR) is 111 cm³/mol. The zero-order valence-corrected chi connectivity index (χ0v) is 16.6. The highest BCUT2D eigenvalue weighted by molar-refractivity contribution is 5.91. The summed E-state index contributed by atoms with van der Waals surface area (Å²) in [6.45, 7) is 5.98. The van der Waals surface area contributed by atoms with E-state index in [1.54, 1.807) is 29.1 Å². The van der Waals surface area contributed by atoms with Crippen molar-refractivity contribution in [2.75, 3.05) is 5.32 Å². The summed E-state index contributed by atoms with van der Waals surface area (Å²) in [5.41, 5.74) is 2.97. The number of benzene rings is 1. The Balaban J connectivity index is 1.66. The van der Waals surface area contributed by atoms with Crippen LogP contribution in [0.5, 0.6) is 0 Å². The molecule has 29 heavy (non-hydrogen) atoms. The summed E-state index contributed by atoms with van der Waals surface area (Å²) in [5.74, 6) is -0.207. The average molecular weight is 390 g/mol. The number of nitrogens with zero attached hydrogens (tertiary/aromatic N) is 5. The zero-order chi connectivity index (χ0) is 20.5. The van der Waals surface area contributed by atoms with Gasteiger partial charge in [0, 0.05) is 11.6 Å². The number of aryl methyl sites for hydroxylation is 1. The van der Waals surface area contributed by atoms with E-state index in [4.69, 9.17) is 0 Å². The summed E-state index contributed by atoms with van der Waals surface area (Å²) in [5, 5.41) is 16.5. The monoisotopic (exact) mass is 390 g/mol. The van der Waals surface area contributed by atoms with Gasteiger partial charge in [-0.25, -0.2) is 4.68 Å². The Labute approximate surface area is 167 Å². The van der Waals surface area contributed by atoms with Crippen molar-refractivity contribution < 1.29 is 4.79 Å². The maximum absolute atomic E-state index is 12.9. The standard InChI is InChI=1S/C21H22N6O2/c1-4-14-5-7-16-17(9-14)20(13(2)3)25-27(21(16)29)11-19(28)23-15-6-8-18-24-22-12-26(18)10-15/h5-10,12-13H,4,11H2,1-3H3,(H,23,28). The van der Waals surface area contributed by atoms with Gasteiger partial charge in [0.15, 0.2) is 5.65 Å². The van der Waals surface area contributed by atoms with Gasteiger partial charge < -0.3 is 5.32 Å². The van der Waals surface area contributed by atoms with Gasteiger partial charge in [0.2, 0.25) is 5.91 Å². The highest BCUT2D eigenvalue weighted by atomic mass is 16.2. The van der Waals surface area contributed by atoms with Gasteiger partial charge in [-0.3, -0.25) is 14.0 Å². The smallest absolute Gasteiger partial charge is 0.275 e. The average Bonchev–Trinajstić information content (AvgIpc) is 3.17. The summed E-state index contributed by atoms with van der Waals surface area (Å²) in [4.78, 5) is 25.5. The quantitative estimate of drug-likeness (QED) is 0.565. The fraction of sp³-hybridized carbons (Fsp3) is 0.286. The van der Waals surface area contributed by atoms with Crippen LogP contribution in [0.15, 0.2) is 47.7 Å². The number of aromatic nitrogens is 5. The van der Waals surface area contributed by atoms with Crippen LogP contribution in [0.1, 0.15) is 37.9 Å².